The summed E-state index contributed by atoms with van der Waals surface area (Å²) < 4.78 is 0. The first kappa shape index (κ1) is 14.3. The smallest absolute Gasteiger partial charge is 0.115 e. The van der Waals surface area contributed by atoms with Gasteiger partial charge >= 0.3 is 0 Å². The van der Waals surface area contributed by atoms with Crippen LogP contribution in [0, 0.1) is 0 Å². The van der Waals surface area contributed by atoms with Crippen LogP contribution < -0.4 is 0 Å². The summed E-state index contributed by atoms with van der Waals surface area (Å²) in [6.45, 7) is 8.00. The average molecular weight is 216 g/mol. The first-order valence-electron chi connectivity index (χ1n) is 5.77. The Balaban J connectivity index is 0.000000509. The minimum absolute atomic E-state index is 1.05. The molecule has 2 rings (SSSR count). The summed E-state index contributed by atoms with van der Waals surface area (Å²) in [6, 6.07) is 10.1. The highest BCUT2D eigenvalue weighted by molar-refractivity contribution is 5.60. The minimum Gasteiger partial charge on any atom is -0.244 e. The molecule has 16 heavy (non-hydrogen) atoms. The lowest BCUT2D eigenvalue weighted by atomic mass is 10.1. The third-order valence-electron chi connectivity index (χ3n) is 1.67. The Bertz CT molecular complexity index is 306. The van der Waals surface area contributed by atoms with E-state index in [4.69, 9.17) is 0 Å². The van der Waals surface area contributed by atoms with E-state index in [9.17, 15) is 0 Å². The second-order valence-corrected chi connectivity index (χ2v) is 2.49. The highest BCUT2D eigenvalue weighted by Crippen LogP contribution is 2.15. The van der Waals surface area contributed by atoms with Crippen LogP contribution in [0.3, 0.4) is 0 Å². The fourth-order valence-corrected chi connectivity index (χ4v) is 1.08. The molecule has 1 aromatic heterocycles. The molecule has 0 saturated heterocycles. The zero-order valence-electron chi connectivity index (χ0n) is 10.5. The molecule has 0 N–H and O–H groups in total. The standard InChI is InChI=1S/C10H8N2.2C2H6/c1-2-4-9(5-3-1)10-6-11-8-12-7-10;2*1-2/h1-8H;2*1-2H3. The van der Waals surface area contributed by atoms with Crippen LogP contribution in [-0.4, -0.2) is 9.97 Å². The molecule has 0 bridgehead atoms. The Morgan fingerprint density at radius 1 is 0.688 bits per heavy atom. The summed E-state index contributed by atoms with van der Waals surface area (Å²) in [4.78, 5) is 7.90. The van der Waals surface area contributed by atoms with Gasteiger partial charge in [-0.1, -0.05) is 58.0 Å². The first-order valence-corrected chi connectivity index (χ1v) is 5.77. The van der Waals surface area contributed by atoms with Gasteiger partial charge in [-0.2, -0.15) is 0 Å². The summed E-state index contributed by atoms with van der Waals surface area (Å²) in [5.74, 6) is 0. The van der Waals surface area contributed by atoms with Gasteiger partial charge in [0.05, 0.1) is 0 Å². The molecule has 0 radical (unpaired) electrons. The van der Waals surface area contributed by atoms with Crippen molar-refractivity contribution in [1.82, 2.24) is 9.97 Å². The zero-order chi connectivity index (χ0) is 12.2. The van der Waals surface area contributed by atoms with E-state index >= 15 is 0 Å². The monoisotopic (exact) mass is 216 g/mol. The predicted octanol–water partition coefficient (Wildman–Crippen LogP) is 4.20. The maximum absolute atomic E-state index is 3.95. The van der Waals surface area contributed by atoms with Crippen LogP contribution in [0.2, 0.25) is 0 Å². The Hall–Kier alpha value is -1.70. The highest BCUT2D eigenvalue weighted by Gasteiger charge is 1.93. The van der Waals surface area contributed by atoms with E-state index in [2.05, 4.69) is 9.97 Å². The highest BCUT2D eigenvalue weighted by atomic mass is 14.8. The number of benzene rings is 1. The van der Waals surface area contributed by atoms with Crippen molar-refractivity contribution in [2.45, 2.75) is 27.7 Å². The van der Waals surface area contributed by atoms with Gasteiger partial charge in [0, 0.05) is 18.0 Å². The van der Waals surface area contributed by atoms with Gasteiger partial charge in [-0.3, -0.25) is 0 Å². The molecular formula is C14H20N2. The summed E-state index contributed by atoms with van der Waals surface area (Å²) >= 11 is 0. The van der Waals surface area contributed by atoms with Crippen molar-refractivity contribution in [2.24, 2.45) is 0 Å². The lowest BCUT2D eigenvalue weighted by Crippen LogP contribution is -1.80. The molecule has 0 aliphatic rings. The Morgan fingerprint density at radius 3 is 1.69 bits per heavy atom. The Kier molecular flexibility index (Phi) is 8.79. The van der Waals surface area contributed by atoms with E-state index in [-0.39, 0.29) is 0 Å². The summed E-state index contributed by atoms with van der Waals surface area (Å²) in [5, 5.41) is 0. The van der Waals surface area contributed by atoms with Gasteiger partial charge in [-0.05, 0) is 5.56 Å². The lowest BCUT2D eigenvalue weighted by Gasteiger charge is -1.97. The molecule has 0 saturated carbocycles. The fourth-order valence-electron chi connectivity index (χ4n) is 1.08. The van der Waals surface area contributed by atoms with Crippen molar-refractivity contribution in [2.75, 3.05) is 0 Å². The summed E-state index contributed by atoms with van der Waals surface area (Å²) in [7, 11) is 0. The number of hydrogen-bond acceptors (Lipinski definition) is 2. The number of hydrogen-bond donors (Lipinski definition) is 0. The minimum atomic E-state index is 1.05. The van der Waals surface area contributed by atoms with E-state index < -0.39 is 0 Å². The molecule has 2 nitrogen and oxygen atoms in total. The normalized spacial score (nSPS) is 8.00. The molecule has 0 spiro atoms. The maximum Gasteiger partial charge on any atom is 0.115 e. The Morgan fingerprint density at radius 2 is 1.19 bits per heavy atom. The van der Waals surface area contributed by atoms with E-state index in [0.29, 0.717) is 0 Å². The molecule has 0 unspecified atom stereocenters. The molecule has 1 heterocycles. The molecule has 86 valence electrons. The molecule has 0 atom stereocenters. The lowest BCUT2D eigenvalue weighted by molar-refractivity contribution is 1.17. The molecule has 0 aliphatic carbocycles. The van der Waals surface area contributed by atoms with Crippen molar-refractivity contribution < 1.29 is 0 Å². The second-order valence-electron chi connectivity index (χ2n) is 2.49. The van der Waals surface area contributed by atoms with Crippen molar-refractivity contribution in [3.63, 3.8) is 0 Å². The van der Waals surface area contributed by atoms with Gasteiger partial charge in [-0.15, -0.1) is 0 Å². The molecule has 2 aromatic rings. The van der Waals surface area contributed by atoms with Crippen molar-refractivity contribution in [3.05, 3.63) is 49.1 Å². The maximum atomic E-state index is 3.95. The van der Waals surface area contributed by atoms with Crippen LogP contribution in [0.5, 0.6) is 0 Å². The number of rotatable bonds is 1. The van der Waals surface area contributed by atoms with Crippen LogP contribution in [-0.2, 0) is 0 Å². The van der Waals surface area contributed by atoms with Crippen LogP contribution in [0.15, 0.2) is 49.1 Å². The van der Waals surface area contributed by atoms with Crippen molar-refractivity contribution in [3.8, 4) is 11.1 Å². The van der Waals surface area contributed by atoms with Gasteiger partial charge in [0.15, 0.2) is 0 Å². The molecule has 0 aliphatic heterocycles. The van der Waals surface area contributed by atoms with Crippen LogP contribution in [0.1, 0.15) is 27.7 Å². The summed E-state index contributed by atoms with van der Waals surface area (Å²) in [6.07, 6.45) is 5.15. The van der Waals surface area contributed by atoms with Gasteiger partial charge in [0.2, 0.25) is 0 Å². The quantitative estimate of drug-likeness (QED) is 0.714. The molecule has 1 aromatic carbocycles. The SMILES string of the molecule is CC.CC.c1ccc(-c2cncnc2)cc1. The molecular weight excluding hydrogens is 196 g/mol. The van der Waals surface area contributed by atoms with E-state index in [1.165, 1.54) is 6.33 Å². The van der Waals surface area contributed by atoms with Gasteiger partial charge < -0.3 is 0 Å². The van der Waals surface area contributed by atoms with E-state index in [0.717, 1.165) is 11.1 Å². The first-order chi connectivity index (χ1) is 7.97. The largest absolute Gasteiger partial charge is 0.244 e. The van der Waals surface area contributed by atoms with Crippen LogP contribution >= 0.6 is 0 Å². The third-order valence-corrected chi connectivity index (χ3v) is 1.67. The second kappa shape index (κ2) is 9.84. The predicted molar refractivity (Wildman–Crippen MR) is 70.2 cm³/mol. The topological polar surface area (TPSA) is 25.8 Å². The molecule has 0 amide bonds. The Labute approximate surface area is 98.4 Å². The summed E-state index contributed by atoms with van der Waals surface area (Å²) in [5.41, 5.74) is 2.20. The average Bonchev–Trinajstić information content (AvgIpc) is 2.45. The molecule has 0 fully saturated rings. The van der Waals surface area contributed by atoms with Gasteiger partial charge in [0.1, 0.15) is 6.33 Å². The molecule has 2 heteroatoms. The van der Waals surface area contributed by atoms with E-state index in [1.54, 1.807) is 0 Å². The number of aromatic nitrogens is 2. The van der Waals surface area contributed by atoms with Crippen LogP contribution in [0.4, 0.5) is 0 Å². The van der Waals surface area contributed by atoms with Gasteiger partial charge in [0.25, 0.3) is 0 Å². The van der Waals surface area contributed by atoms with Crippen molar-refractivity contribution >= 4 is 0 Å². The fraction of sp³-hybridized carbons (Fsp3) is 0.286. The van der Waals surface area contributed by atoms with Crippen LogP contribution in [0.25, 0.3) is 11.1 Å². The third kappa shape index (κ3) is 4.69. The number of nitrogens with zero attached hydrogens (tertiary/aromatic N) is 2. The zero-order valence-corrected chi connectivity index (χ0v) is 10.5. The van der Waals surface area contributed by atoms with Crippen molar-refractivity contribution in [1.29, 1.82) is 0 Å². The van der Waals surface area contributed by atoms with E-state index in [1.807, 2.05) is 70.4 Å². The van der Waals surface area contributed by atoms with Gasteiger partial charge in [-0.25, -0.2) is 9.97 Å².